The number of aromatic nitrogens is 1. The van der Waals surface area contributed by atoms with E-state index in [1.165, 1.54) is 6.92 Å². The van der Waals surface area contributed by atoms with Gasteiger partial charge in [0.2, 0.25) is 5.75 Å². The van der Waals surface area contributed by atoms with Crippen LogP contribution in [0, 0.1) is 17.0 Å². The normalized spacial score (nSPS) is 10.6. The largest absolute Gasteiger partial charge is 0.501 e. The molecule has 0 unspecified atom stereocenters. The molecule has 0 aliphatic rings. The molecule has 0 aromatic carbocycles. The topological polar surface area (TPSA) is 76.3 Å². The Balaban J connectivity index is 3.41. The van der Waals surface area contributed by atoms with E-state index in [1.807, 2.05) is 0 Å². The number of aryl methyl sites for hydroxylation is 1. The summed E-state index contributed by atoms with van der Waals surface area (Å²) in [5.41, 5.74) is -0.727. The molecule has 0 aliphatic heterocycles. The maximum Gasteiger partial charge on any atom is 0.406 e. The van der Waals surface area contributed by atoms with Crippen molar-refractivity contribution in [2.45, 2.75) is 13.3 Å². The summed E-state index contributed by atoms with van der Waals surface area (Å²) in [5.74, 6) is -2.02. The second kappa shape index (κ2) is 3.52. The lowest BCUT2D eigenvalue weighted by molar-refractivity contribution is -0.390. The van der Waals surface area contributed by atoms with E-state index in [9.17, 15) is 18.9 Å². The zero-order chi connectivity index (χ0) is 10.9. The minimum absolute atomic E-state index is 0.0168. The van der Waals surface area contributed by atoms with E-state index >= 15 is 0 Å². The molecule has 0 saturated carbocycles. The fourth-order valence-corrected chi connectivity index (χ4v) is 1.00. The number of aromatic hydroxyl groups is 1. The fraction of sp³-hybridized carbons (Fsp3) is 0.286. The molecule has 76 valence electrons. The summed E-state index contributed by atoms with van der Waals surface area (Å²) in [6, 6.07) is 0. The van der Waals surface area contributed by atoms with Gasteiger partial charge >= 0.3 is 5.82 Å². The number of rotatable bonds is 2. The van der Waals surface area contributed by atoms with Gasteiger partial charge in [-0.05, 0) is 16.8 Å². The predicted octanol–water partition coefficient (Wildman–Crippen LogP) is 1.94. The van der Waals surface area contributed by atoms with Crippen LogP contribution in [0.4, 0.5) is 14.6 Å². The monoisotopic (exact) mass is 204 g/mol. The predicted molar refractivity (Wildman–Crippen MR) is 42.3 cm³/mol. The highest BCUT2D eigenvalue weighted by molar-refractivity contribution is 5.48. The summed E-state index contributed by atoms with van der Waals surface area (Å²) in [4.78, 5) is 12.5. The zero-order valence-corrected chi connectivity index (χ0v) is 7.07. The second-order valence-electron chi connectivity index (χ2n) is 2.58. The fourth-order valence-electron chi connectivity index (χ4n) is 1.00. The van der Waals surface area contributed by atoms with Gasteiger partial charge in [0.05, 0.1) is 5.56 Å². The molecule has 1 aromatic rings. The molecule has 0 amide bonds. The number of nitrogens with zero attached hydrogens (tertiary/aromatic N) is 2. The van der Waals surface area contributed by atoms with E-state index in [1.54, 1.807) is 0 Å². The lowest BCUT2D eigenvalue weighted by Gasteiger charge is -2.05. The van der Waals surface area contributed by atoms with Crippen LogP contribution in [0.2, 0.25) is 0 Å². The molecule has 1 N–H and O–H groups in total. The van der Waals surface area contributed by atoms with Crippen molar-refractivity contribution < 1.29 is 18.8 Å². The Hall–Kier alpha value is -1.79. The molecule has 0 fully saturated rings. The molecule has 0 aliphatic carbocycles. The third-order valence-electron chi connectivity index (χ3n) is 1.66. The number of hydrogen-bond acceptors (Lipinski definition) is 4. The number of hydrogen-bond donors (Lipinski definition) is 1. The van der Waals surface area contributed by atoms with Crippen LogP contribution < -0.4 is 0 Å². The summed E-state index contributed by atoms with van der Waals surface area (Å²) in [7, 11) is 0. The molecule has 0 atom stereocenters. The molecule has 1 rings (SSSR count). The molecule has 0 spiro atoms. The van der Waals surface area contributed by atoms with Crippen LogP contribution in [-0.2, 0) is 0 Å². The third-order valence-corrected chi connectivity index (χ3v) is 1.66. The van der Waals surface area contributed by atoms with Crippen molar-refractivity contribution >= 4 is 5.82 Å². The molecule has 14 heavy (non-hydrogen) atoms. The van der Waals surface area contributed by atoms with Gasteiger partial charge in [0.15, 0.2) is 0 Å². The smallest absolute Gasteiger partial charge is 0.406 e. The molecule has 7 heteroatoms. The summed E-state index contributed by atoms with van der Waals surface area (Å²) in [6.45, 7) is 1.29. The van der Waals surface area contributed by atoms with Crippen molar-refractivity contribution in [2.24, 2.45) is 0 Å². The van der Waals surface area contributed by atoms with Crippen LogP contribution in [0.15, 0.2) is 6.20 Å². The highest BCUT2D eigenvalue weighted by Crippen LogP contribution is 2.36. The van der Waals surface area contributed by atoms with E-state index < -0.39 is 28.5 Å². The van der Waals surface area contributed by atoms with Gasteiger partial charge in [-0.25, -0.2) is 8.78 Å². The first-order valence-corrected chi connectivity index (χ1v) is 3.56. The van der Waals surface area contributed by atoms with Gasteiger partial charge in [-0.15, -0.1) is 0 Å². The van der Waals surface area contributed by atoms with Crippen molar-refractivity contribution in [3.05, 3.63) is 27.4 Å². The maximum absolute atomic E-state index is 12.3. The average molecular weight is 204 g/mol. The first-order chi connectivity index (χ1) is 6.45. The van der Waals surface area contributed by atoms with Crippen molar-refractivity contribution in [3.63, 3.8) is 0 Å². The van der Waals surface area contributed by atoms with Crippen molar-refractivity contribution in [1.82, 2.24) is 4.98 Å². The van der Waals surface area contributed by atoms with E-state index in [0.717, 1.165) is 6.20 Å². The number of pyridine rings is 1. The molecule has 0 saturated heterocycles. The van der Waals surface area contributed by atoms with E-state index in [0.29, 0.717) is 0 Å². The first kappa shape index (κ1) is 10.3. The summed E-state index contributed by atoms with van der Waals surface area (Å²) < 4.78 is 24.6. The van der Waals surface area contributed by atoms with Crippen molar-refractivity contribution in [1.29, 1.82) is 0 Å². The highest BCUT2D eigenvalue weighted by atomic mass is 19.3. The number of halogens is 2. The Morgan fingerprint density at radius 2 is 2.21 bits per heavy atom. The molecular formula is C7H6F2N2O3. The van der Waals surface area contributed by atoms with Gasteiger partial charge < -0.3 is 15.2 Å². The summed E-state index contributed by atoms with van der Waals surface area (Å²) in [5, 5.41) is 19.4. The van der Waals surface area contributed by atoms with Crippen LogP contribution in [0.5, 0.6) is 5.75 Å². The minimum Gasteiger partial charge on any atom is -0.501 e. The summed E-state index contributed by atoms with van der Waals surface area (Å²) >= 11 is 0. The lowest BCUT2D eigenvalue weighted by atomic mass is 10.1. The first-order valence-electron chi connectivity index (χ1n) is 3.56. The molecule has 1 aromatic heterocycles. The maximum atomic E-state index is 12.3. The molecule has 5 nitrogen and oxygen atoms in total. The minimum atomic E-state index is -2.96. The Morgan fingerprint density at radius 1 is 1.64 bits per heavy atom. The van der Waals surface area contributed by atoms with Crippen LogP contribution in [0.3, 0.4) is 0 Å². The van der Waals surface area contributed by atoms with Gasteiger partial charge in [0, 0.05) is 5.56 Å². The second-order valence-corrected chi connectivity index (χ2v) is 2.58. The third kappa shape index (κ3) is 1.61. The average Bonchev–Trinajstić information content (AvgIpc) is 2.02. The lowest BCUT2D eigenvalue weighted by Crippen LogP contribution is -1.98. The van der Waals surface area contributed by atoms with Gasteiger partial charge in [0.25, 0.3) is 6.43 Å². The summed E-state index contributed by atoms with van der Waals surface area (Å²) in [6.07, 6.45) is -2.03. The SMILES string of the molecule is Cc1cnc([N+](=O)[O-])c(O)c1C(F)F. The highest BCUT2D eigenvalue weighted by Gasteiger charge is 2.26. The van der Waals surface area contributed by atoms with Crippen LogP contribution in [0.25, 0.3) is 0 Å². The Labute approximate surface area is 77.2 Å². The van der Waals surface area contributed by atoms with Gasteiger partial charge in [-0.1, -0.05) is 0 Å². The van der Waals surface area contributed by atoms with E-state index in [4.69, 9.17) is 5.11 Å². The van der Waals surface area contributed by atoms with Crippen LogP contribution >= 0.6 is 0 Å². The molecule has 0 bridgehead atoms. The standard InChI is InChI=1S/C7H6F2N2O3/c1-3-2-10-7(11(13)14)5(12)4(3)6(8)9/h2,6,12H,1H3. The van der Waals surface area contributed by atoms with Crippen LogP contribution in [-0.4, -0.2) is 15.0 Å². The number of alkyl halides is 2. The van der Waals surface area contributed by atoms with Gasteiger partial charge in [-0.2, -0.15) is 0 Å². The zero-order valence-electron chi connectivity index (χ0n) is 7.07. The van der Waals surface area contributed by atoms with E-state index in [-0.39, 0.29) is 5.56 Å². The Bertz CT molecular complexity index is 381. The van der Waals surface area contributed by atoms with E-state index in [2.05, 4.69) is 4.98 Å². The van der Waals surface area contributed by atoms with Crippen molar-refractivity contribution in [2.75, 3.05) is 0 Å². The molecular weight excluding hydrogens is 198 g/mol. The van der Waals surface area contributed by atoms with Crippen LogP contribution in [0.1, 0.15) is 17.6 Å². The Kier molecular flexibility index (Phi) is 2.59. The van der Waals surface area contributed by atoms with Gasteiger partial charge in [0.1, 0.15) is 6.20 Å². The van der Waals surface area contributed by atoms with Gasteiger partial charge in [-0.3, -0.25) is 0 Å². The van der Waals surface area contributed by atoms with Crippen molar-refractivity contribution in [3.8, 4) is 5.75 Å². The Morgan fingerprint density at radius 3 is 2.64 bits per heavy atom. The molecule has 1 heterocycles. The number of nitro groups is 1. The quantitative estimate of drug-likeness (QED) is 0.589. The molecule has 0 radical (unpaired) electrons.